The van der Waals surface area contributed by atoms with Crippen LogP contribution in [0.2, 0.25) is 0 Å². The molecule has 1 amide bonds. The van der Waals surface area contributed by atoms with E-state index in [1.54, 1.807) is 0 Å². The molecule has 1 aliphatic heterocycles. The molecule has 0 aromatic heterocycles. The summed E-state index contributed by atoms with van der Waals surface area (Å²) in [4.78, 5) is 17.1. The van der Waals surface area contributed by atoms with Gasteiger partial charge >= 0.3 is 0 Å². The van der Waals surface area contributed by atoms with Crippen LogP contribution in [0.3, 0.4) is 0 Å². The number of para-hydroxylation sites is 2. The van der Waals surface area contributed by atoms with E-state index in [1.165, 1.54) is 11.3 Å². The van der Waals surface area contributed by atoms with Crippen molar-refractivity contribution < 1.29 is 4.79 Å². The van der Waals surface area contributed by atoms with Crippen molar-refractivity contribution in [1.82, 2.24) is 4.90 Å². The zero-order valence-electron chi connectivity index (χ0n) is 14.9. The van der Waals surface area contributed by atoms with Crippen molar-refractivity contribution in [3.05, 3.63) is 60.2 Å². The van der Waals surface area contributed by atoms with Crippen LogP contribution in [0.1, 0.15) is 18.9 Å². The van der Waals surface area contributed by atoms with E-state index < -0.39 is 0 Å². The van der Waals surface area contributed by atoms with Gasteiger partial charge in [0, 0.05) is 50.5 Å². The molecular formula is C21H27N3O. The Balaban J connectivity index is 1.43. The maximum Gasteiger partial charge on any atom is 0.225 e. The minimum absolute atomic E-state index is 0.103. The van der Waals surface area contributed by atoms with E-state index in [0.29, 0.717) is 6.42 Å². The maximum atomic E-state index is 12.3. The van der Waals surface area contributed by atoms with Crippen LogP contribution in [0.25, 0.3) is 0 Å². The first-order valence-electron chi connectivity index (χ1n) is 9.16. The number of rotatable bonds is 6. The molecule has 1 N–H and O–H groups in total. The van der Waals surface area contributed by atoms with Crippen LogP contribution in [0.5, 0.6) is 0 Å². The molecule has 3 rings (SSSR count). The van der Waals surface area contributed by atoms with Crippen molar-refractivity contribution in [2.24, 2.45) is 0 Å². The highest BCUT2D eigenvalue weighted by Crippen LogP contribution is 2.17. The summed E-state index contributed by atoms with van der Waals surface area (Å²) in [6, 6.07) is 18.6. The van der Waals surface area contributed by atoms with E-state index in [4.69, 9.17) is 0 Å². The van der Waals surface area contributed by atoms with Crippen LogP contribution in [0.4, 0.5) is 11.4 Å². The van der Waals surface area contributed by atoms with Crippen LogP contribution >= 0.6 is 0 Å². The van der Waals surface area contributed by atoms with Crippen LogP contribution in [-0.4, -0.2) is 43.5 Å². The highest BCUT2D eigenvalue weighted by atomic mass is 16.1. The van der Waals surface area contributed by atoms with Crippen molar-refractivity contribution >= 4 is 17.3 Å². The van der Waals surface area contributed by atoms with E-state index in [9.17, 15) is 4.79 Å². The van der Waals surface area contributed by atoms with E-state index in [-0.39, 0.29) is 5.91 Å². The molecular weight excluding hydrogens is 310 g/mol. The molecule has 1 saturated heterocycles. The third-order valence-electron chi connectivity index (χ3n) is 4.82. The SMILES string of the molecule is CCc1ccccc1NC(=O)CCN1CCN(c2ccccc2)CC1. The average Bonchev–Trinajstić information content (AvgIpc) is 2.68. The predicted molar refractivity (Wildman–Crippen MR) is 104 cm³/mol. The normalized spacial score (nSPS) is 15.2. The number of carbonyl (C=O) groups is 1. The molecule has 0 unspecified atom stereocenters. The second-order valence-corrected chi connectivity index (χ2v) is 6.47. The quantitative estimate of drug-likeness (QED) is 0.877. The van der Waals surface area contributed by atoms with Gasteiger partial charge in [-0.1, -0.05) is 43.3 Å². The molecule has 4 heteroatoms. The van der Waals surface area contributed by atoms with Crippen molar-refractivity contribution in [2.75, 3.05) is 42.9 Å². The van der Waals surface area contributed by atoms with Crippen LogP contribution in [0, 0.1) is 0 Å². The second-order valence-electron chi connectivity index (χ2n) is 6.47. The van der Waals surface area contributed by atoms with Gasteiger partial charge < -0.3 is 10.2 Å². The number of benzene rings is 2. The predicted octanol–water partition coefficient (Wildman–Crippen LogP) is 3.40. The molecule has 0 bridgehead atoms. The van der Waals surface area contributed by atoms with Gasteiger partial charge in [0.15, 0.2) is 0 Å². The van der Waals surface area contributed by atoms with Crippen molar-refractivity contribution in [3.63, 3.8) is 0 Å². The monoisotopic (exact) mass is 337 g/mol. The first-order chi connectivity index (χ1) is 12.3. The number of hydrogen-bond donors (Lipinski definition) is 1. The van der Waals surface area contributed by atoms with E-state index in [1.807, 2.05) is 18.2 Å². The second kappa shape index (κ2) is 8.67. The van der Waals surface area contributed by atoms with Gasteiger partial charge in [-0.2, -0.15) is 0 Å². The molecule has 1 aliphatic rings. The number of nitrogens with one attached hydrogen (secondary N) is 1. The van der Waals surface area contributed by atoms with Crippen molar-refractivity contribution in [3.8, 4) is 0 Å². The third kappa shape index (κ3) is 4.83. The summed E-state index contributed by atoms with van der Waals surface area (Å²) >= 11 is 0. The molecule has 2 aromatic rings. The summed E-state index contributed by atoms with van der Waals surface area (Å²) in [6.07, 6.45) is 1.47. The van der Waals surface area contributed by atoms with Gasteiger partial charge in [-0.15, -0.1) is 0 Å². The minimum atomic E-state index is 0.103. The topological polar surface area (TPSA) is 35.6 Å². The van der Waals surface area contributed by atoms with Crippen molar-refractivity contribution in [2.45, 2.75) is 19.8 Å². The van der Waals surface area contributed by atoms with Gasteiger partial charge in [-0.3, -0.25) is 9.69 Å². The molecule has 0 saturated carbocycles. The van der Waals surface area contributed by atoms with E-state index in [2.05, 4.69) is 58.4 Å². The number of carbonyl (C=O) groups excluding carboxylic acids is 1. The minimum Gasteiger partial charge on any atom is -0.369 e. The summed E-state index contributed by atoms with van der Waals surface area (Å²) in [5.41, 5.74) is 3.42. The fraction of sp³-hybridized carbons (Fsp3) is 0.381. The summed E-state index contributed by atoms with van der Waals surface area (Å²) in [6.45, 7) is 6.98. The van der Waals surface area contributed by atoms with Gasteiger partial charge in [-0.25, -0.2) is 0 Å². The molecule has 132 valence electrons. The molecule has 0 aliphatic carbocycles. The van der Waals surface area contributed by atoms with Gasteiger partial charge in [0.05, 0.1) is 0 Å². The number of piperazine rings is 1. The highest BCUT2D eigenvalue weighted by molar-refractivity contribution is 5.91. The number of anilines is 2. The Kier molecular flexibility index (Phi) is 6.07. The first kappa shape index (κ1) is 17.5. The highest BCUT2D eigenvalue weighted by Gasteiger charge is 2.17. The van der Waals surface area contributed by atoms with Crippen LogP contribution in [0.15, 0.2) is 54.6 Å². The number of nitrogens with zero attached hydrogens (tertiary/aromatic N) is 2. The van der Waals surface area contributed by atoms with Gasteiger partial charge in [0.2, 0.25) is 5.91 Å². The van der Waals surface area contributed by atoms with Crippen LogP contribution < -0.4 is 10.2 Å². The zero-order valence-corrected chi connectivity index (χ0v) is 14.9. The van der Waals surface area contributed by atoms with Gasteiger partial charge in [-0.05, 0) is 30.2 Å². The number of amides is 1. The fourth-order valence-corrected chi connectivity index (χ4v) is 3.29. The molecule has 1 heterocycles. The Labute approximate surface area is 150 Å². The lowest BCUT2D eigenvalue weighted by atomic mass is 10.1. The standard InChI is InChI=1S/C21H27N3O/c1-2-18-8-6-7-11-20(18)22-21(25)12-13-23-14-16-24(17-15-23)19-9-4-3-5-10-19/h3-11H,2,12-17H2,1H3,(H,22,25). The van der Waals surface area contributed by atoms with Crippen LogP contribution in [-0.2, 0) is 11.2 Å². The van der Waals surface area contributed by atoms with Gasteiger partial charge in [0.25, 0.3) is 0 Å². The zero-order chi connectivity index (χ0) is 17.5. The Bertz CT molecular complexity index is 679. The Morgan fingerprint density at radius 3 is 2.36 bits per heavy atom. The Morgan fingerprint density at radius 2 is 1.64 bits per heavy atom. The lowest BCUT2D eigenvalue weighted by Crippen LogP contribution is -2.47. The molecule has 1 fully saturated rings. The summed E-state index contributed by atoms with van der Waals surface area (Å²) in [5, 5.41) is 3.06. The Morgan fingerprint density at radius 1 is 0.960 bits per heavy atom. The molecule has 0 radical (unpaired) electrons. The molecule has 0 atom stereocenters. The first-order valence-corrected chi connectivity index (χ1v) is 9.16. The van der Waals surface area contributed by atoms with Gasteiger partial charge in [0.1, 0.15) is 0 Å². The molecule has 4 nitrogen and oxygen atoms in total. The van der Waals surface area contributed by atoms with Crippen molar-refractivity contribution in [1.29, 1.82) is 0 Å². The third-order valence-corrected chi connectivity index (χ3v) is 4.82. The number of hydrogen-bond acceptors (Lipinski definition) is 3. The molecule has 25 heavy (non-hydrogen) atoms. The number of aryl methyl sites for hydroxylation is 1. The largest absolute Gasteiger partial charge is 0.369 e. The molecule has 2 aromatic carbocycles. The average molecular weight is 337 g/mol. The fourth-order valence-electron chi connectivity index (χ4n) is 3.29. The lowest BCUT2D eigenvalue weighted by Gasteiger charge is -2.36. The van der Waals surface area contributed by atoms with E-state index >= 15 is 0 Å². The van der Waals surface area contributed by atoms with E-state index in [0.717, 1.165) is 44.8 Å². The lowest BCUT2D eigenvalue weighted by molar-refractivity contribution is -0.116. The molecule has 0 spiro atoms. The summed E-state index contributed by atoms with van der Waals surface area (Å²) in [5.74, 6) is 0.103. The smallest absolute Gasteiger partial charge is 0.225 e. The summed E-state index contributed by atoms with van der Waals surface area (Å²) < 4.78 is 0. The Hall–Kier alpha value is -2.33. The summed E-state index contributed by atoms with van der Waals surface area (Å²) in [7, 11) is 0. The maximum absolute atomic E-state index is 12.3.